The van der Waals surface area contributed by atoms with Crippen LogP contribution in [0.25, 0.3) is 0 Å². The van der Waals surface area contributed by atoms with Crippen LogP contribution in [0.1, 0.15) is 34.0 Å². The Hall–Kier alpha value is -1.81. The van der Waals surface area contributed by atoms with E-state index in [-0.39, 0.29) is 5.78 Å². The fourth-order valence-electron chi connectivity index (χ4n) is 2.16. The summed E-state index contributed by atoms with van der Waals surface area (Å²) in [6, 6.07) is 9.02. The van der Waals surface area contributed by atoms with Gasteiger partial charge in [-0.25, -0.2) is 0 Å². The molecule has 0 aliphatic rings. The minimum Gasteiger partial charge on any atom is -0.492 e. The van der Waals surface area contributed by atoms with Crippen LogP contribution in [0.4, 0.5) is 5.69 Å². The lowest BCUT2D eigenvalue weighted by molar-refractivity contribution is 0.103. The SMILES string of the molecule is CCOc1ccc(C(=O)c2cc(C)c(Br)cc2C)cc1N. The van der Waals surface area contributed by atoms with Crippen molar-refractivity contribution in [3.63, 3.8) is 0 Å². The molecule has 0 fully saturated rings. The van der Waals surface area contributed by atoms with Gasteiger partial charge in [-0.05, 0) is 62.2 Å². The molecule has 110 valence electrons. The van der Waals surface area contributed by atoms with Gasteiger partial charge >= 0.3 is 0 Å². The van der Waals surface area contributed by atoms with E-state index in [1.165, 1.54) is 0 Å². The van der Waals surface area contributed by atoms with Crippen LogP contribution < -0.4 is 10.5 Å². The van der Waals surface area contributed by atoms with E-state index >= 15 is 0 Å². The maximum Gasteiger partial charge on any atom is 0.193 e. The van der Waals surface area contributed by atoms with E-state index in [9.17, 15) is 4.79 Å². The predicted octanol–water partition coefficient (Wildman–Crippen LogP) is 4.28. The van der Waals surface area contributed by atoms with Crippen LogP contribution in [-0.4, -0.2) is 12.4 Å². The molecule has 2 N–H and O–H groups in total. The van der Waals surface area contributed by atoms with E-state index in [4.69, 9.17) is 10.5 Å². The molecule has 2 rings (SSSR count). The fourth-order valence-corrected chi connectivity index (χ4v) is 2.62. The van der Waals surface area contributed by atoms with Crippen molar-refractivity contribution in [1.29, 1.82) is 0 Å². The number of hydrogen-bond acceptors (Lipinski definition) is 3. The molecule has 0 spiro atoms. The molecular weight excluding hydrogens is 330 g/mol. The van der Waals surface area contributed by atoms with Crippen LogP contribution in [0.2, 0.25) is 0 Å². The average Bonchev–Trinajstić information content (AvgIpc) is 2.44. The molecule has 3 nitrogen and oxygen atoms in total. The van der Waals surface area contributed by atoms with E-state index in [1.807, 2.05) is 32.9 Å². The van der Waals surface area contributed by atoms with E-state index < -0.39 is 0 Å². The van der Waals surface area contributed by atoms with Crippen molar-refractivity contribution in [1.82, 2.24) is 0 Å². The fraction of sp³-hybridized carbons (Fsp3) is 0.235. The normalized spacial score (nSPS) is 10.5. The Morgan fingerprint density at radius 1 is 1.19 bits per heavy atom. The summed E-state index contributed by atoms with van der Waals surface area (Å²) in [5, 5.41) is 0. The molecule has 0 aromatic heterocycles. The molecular formula is C17H18BrNO2. The highest BCUT2D eigenvalue weighted by molar-refractivity contribution is 9.10. The van der Waals surface area contributed by atoms with Gasteiger partial charge in [-0.2, -0.15) is 0 Å². The summed E-state index contributed by atoms with van der Waals surface area (Å²) < 4.78 is 6.40. The Labute approximate surface area is 133 Å². The zero-order valence-corrected chi connectivity index (χ0v) is 14.0. The molecule has 0 bridgehead atoms. The molecule has 4 heteroatoms. The smallest absolute Gasteiger partial charge is 0.193 e. The van der Waals surface area contributed by atoms with E-state index in [1.54, 1.807) is 18.2 Å². The Kier molecular flexibility index (Phi) is 4.68. The first-order valence-electron chi connectivity index (χ1n) is 6.77. The zero-order valence-electron chi connectivity index (χ0n) is 12.4. The lowest BCUT2D eigenvalue weighted by Gasteiger charge is -2.11. The van der Waals surface area contributed by atoms with Crippen molar-refractivity contribution in [2.45, 2.75) is 20.8 Å². The number of benzene rings is 2. The number of anilines is 1. The molecule has 0 saturated heterocycles. The molecule has 0 heterocycles. The van der Waals surface area contributed by atoms with Crippen molar-refractivity contribution < 1.29 is 9.53 Å². The first kappa shape index (κ1) is 15.6. The minimum absolute atomic E-state index is 0.0298. The van der Waals surface area contributed by atoms with E-state index in [0.717, 1.165) is 15.6 Å². The number of carbonyl (C=O) groups is 1. The first-order valence-corrected chi connectivity index (χ1v) is 7.57. The molecule has 0 unspecified atom stereocenters. The van der Waals surface area contributed by atoms with Crippen LogP contribution in [-0.2, 0) is 0 Å². The summed E-state index contributed by atoms with van der Waals surface area (Å²) in [5.74, 6) is 0.579. The second-order valence-corrected chi connectivity index (χ2v) is 5.79. The maximum atomic E-state index is 12.6. The Balaban J connectivity index is 2.41. The van der Waals surface area contributed by atoms with Gasteiger partial charge in [-0.1, -0.05) is 15.9 Å². The van der Waals surface area contributed by atoms with Crippen molar-refractivity contribution in [3.8, 4) is 5.75 Å². The monoisotopic (exact) mass is 347 g/mol. The number of ketones is 1. The van der Waals surface area contributed by atoms with Gasteiger partial charge in [0, 0.05) is 15.6 Å². The number of aryl methyl sites for hydroxylation is 2. The molecule has 0 radical (unpaired) electrons. The van der Waals surface area contributed by atoms with Crippen molar-refractivity contribution in [2.75, 3.05) is 12.3 Å². The van der Waals surface area contributed by atoms with Gasteiger partial charge in [0.15, 0.2) is 5.78 Å². The molecule has 0 aliphatic carbocycles. The van der Waals surface area contributed by atoms with Crippen molar-refractivity contribution >= 4 is 27.4 Å². The highest BCUT2D eigenvalue weighted by Crippen LogP contribution is 2.26. The van der Waals surface area contributed by atoms with Gasteiger partial charge in [-0.15, -0.1) is 0 Å². The number of nitrogens with two attached hydrogens (primary N) is 1. The second kappa shape index (κ2) is 6.31. The van der Waals surface area contributed by atoms with Crippen molar-refractivity contribution in [3.05, 3.63) is 57.1 Å². The van der Waals surface area contributed by atoms with Gasteiger partial charge < -0.3 is 10.5 Å². The van der Waals surface area contributed by atoms with Crippen LogP contribution in [0.3, 0.4) is 0 Å². The molecule has 21 heavy (non-hydrogen) atoms. The highest BCUT2D eigenvalue weighted by Gasteiger charge is 2.15. The number of hydrogen-bond donors (Lipinski definition) is 1. The third-order valence-electron chi connectivity index (χ3n) is 3.32. The Morgan fingerprint density at radius 2 is 1.90 bits per heavy atom. The highest BCUT2D eigenvalue weighted by atomic mass is 79.9. The van der Waals surface area contributed by atoms with E-state index in [0.29, 0.717) is 29.2 Å². The maximum absolute atomic E-state index is 12.6. The first-order chi connectivity index (χ1) is 9.93. The summed E-state index contributed by atoms with van der Waals surface area (Å²) in [7, 11) is 0. The van der Waals surface area contributed by atoms with Gasteiger partial charge in [0.1, 0.15) is 5.75 Å². The lowest BCUT2D eigenvalue weighted by atomic mass is 9.97. The molecule has 0 amide bonds. The Morgan fingerprint density at radius 3 is 2.52 bits per heavy atom. The number of ether oxygens (including phenoxy) is 1. The van der Waals surface area contributed by atoms with Crippen LogP contribution in [0.15, 0.2) is 34.8 Å². The van der Waals surface area contributed by atoms with Gasteiger partial charge in [0.2, 0.25) is 0 Å². The second-order valence-electron chi connectivity index (χ2n) is 4.93. The third-order valence-corrected chi connectivity index (χ3v) is 4.18. The van der Waals surface area contributed by atoms with E-state index in [2.05, 4.69) is 15.9 Å². The largest absolute Gasteiger partial charge is 0.492 e. The van der Waals surface area contributed by atoms with Gasteiger partial charge in [0.25, 0.3) is 0 Å². The summed E-state index contributed by atoms with van der Waals surface area (Å²) >= 11 is 3.48. The van der Waals surface area contributed by atoms with Crippen molar-refractivity contribution in [2.24, 2.45) is 0 Å². The molecule has 2 aromatic carbocycles. The number of halogens is 1. The zero-order chi connectivity index (χ0) is 15.6. The lowest BCUT2D eigenvalue weighted by Crippen LogP contribution is -2.06. The molecule has 0 aliphatic heterocycles. The molecule has 0 atom stereocenters. The average molecular weight is 348 g/mol. The summed E-state index contributed by atoms with van der Waals surface area (Å²) in [5.41, 5.74) is 9.64. The molecule has 2 aromatic rings. The van der Waals surface area contributed by atoms with Crippen LogP contribution in [0, 0.1) is 13.8 Å². The predicted molar refractivity (Wildman–Crippen MR) is 89.1 cm³/mol. The van der Waals surface area contributed by atoms with Gasteiger partial charge in [0.05, 0.1) is 12.3 Å². The van der Waals surface area contributed by atoms with Crippen LogP contribution >= 0.6 is 15.9 Å². The molecule has 0 saturated carbocycles. The summed E-state index contributed by atoms with van der Waals surface area (Å²) in [4.78, 5) is 12.6. The Bertz CT molecular complexity index is 695. The third kappa shape index (κ3) is 3.27. The topological polar surface area (TPSA) is 52.3 Å². The number of nitrogen functional groups attached to an aromatic ring is 1. The number of rotatable bonds is 4. The summed E-state index contributed by atoms with van der Waals surface area (Å²) in [6.07, 6.45) is 0. The van der Waals surface area contributed by atoms with Crippen LogP contribution in [0.5, 0.6) is 5.75 Å². The minimum atomic E-state index is -0.0298. The number of carbonyl (C=O) groups excluding carboxylic acids is 1. The van der Waals surface area contributed by atoms with Gasteiger partial charge in [-0.3, -0.25) is 4.79 Å². The quantitative estimate of drug-likeness (QED) is 0.663. The standard InChI is InChI=1S/C17H18BrNO2/c1-4-21-16-6-5-12(9-15(16)19)17(20)13-7-11(3)14(18)8-10(13)2/h5-9H,4,19H2,1-3H3. The summed E-state index contributed by atoms with van der Waals surface area (Å²) in [6.45, 7) is 6.33.